The summed E-state index contributed by atoms with van der Waals surface area (Å²) in [5.41, 5.74) is -0.303. The Balaban J connectivity index is 2.27. The van der Waals surface area contributed by atoms with E-state index >= 15 is 0 Å². The van der Waals surface area contributed by atoms with Crippen molar-refractivity contribution >= 4 is 29.5 Å². The van der Waals surface area contributed by atoms with Crippen molar-refractivity contribution in [1.29, 1.82) is 0 Å². The monoisotopic (exact) mass is 377 g/mol. The molecule has 0 radical (unpaired) electrons. The molecule has 0 atom stereocenters. The van der Waals surface area contributed by atoms with Crippen LogP contribution in [-0.4, -0.2) is 35.5 Å². The van der Waals surface area contributed by atoms with Gasteiger partial charge in [0.25, 0.3) is 0 Å². The molecule has 1 heterocycles. The third kappa shape index (κ3) is 4.80. The van der Waals surface area contributed by atoms with Crippen LogP contribution in [0.4, 0.5) is 13.2 Å². The van der Waals surface area contributed by atoms with E-state index in [2.05, 4.69) is 14.9 Å². The van der Waals surface area contributed by atoms with Crippen LogP contribution >= 0.6 is 0 Å². The second-order valence-corrected chi connectivity index (χ2v) is 5.25. The first-order chi connectivity index (χ1) is 12.8. The third-order valence-corrected chi connectivity index (χ3v) is 3.50. The lowest BCUT2D eigenvalue weighted by Gasteiger charge is -2.08. The normalized spacial score (nSPS) is 12.1. The Hall–Kier alpha value is -3.45. The molecule has 2 rings (SSSR count). The minimum Gasteiger partial charge on any atom is -0.464 e. The van der Waals surface area contributed by atoms with Crippen molar-refractivity contribution in [2.75, 3.05) is 7.11 Å². The number of alkyl halides is 3. The van der Waals surface area contributed by atoms with Crippen LogP contribution in [0.1, 0.15) is 23.7 Å². The number of hydrogen-bond acceptors (Lipinski definition) is 5. The van der Waals surface area contributed by atoms with Gasteiger partial charge >= 0.3 is 12.1 Å². The van der Waals surface area contributed by atoms with Gasteiger partial charge in [0.15, 0.2) is 5.94 Å². The molecule has 0 aliphatic heterocycles. The minimum absolute atomic E-state index is 0.259. The maximum atomic E-state index is 12.8. The van der Waals surface area contributed by atoms with E-state index in [0.717, 1.165) is 19.2 Å². The van der Waals surface area contributed by atoms with E-state index < -0.39 is 17.7 Å². The van der Waals surface area contributed by atoms with Crippen LogP contribution in [0.25, 0.3) is 5.70 Å². The van der Waals surface area contributed by atoms with Gasteiger partial charge < -0.3 is 9.30 Å². The van der Waals surface area contributed by atoms with Crippen molar-refractivity contribution in [3.05, 3.63) is 59.4 Å². The Morgan fingerprint density at radius 1 is 1.26 bits per heavy atom. The van der Waals surface area contributed by atoms with Crippen molar-refractivity contribution < 1.29 is 27.5 Å². The van der Waals surface area contributed by atoms with Gasteiger partial charge in [-0.15, -0.1) is 0 Å². The minimum atomic E-state index is -4.45. The standard InChI is InChI=1S/C18H14F3N3O3/c1-12(13-5-3-6-14(9-13)18(19,20)21)23-22-10-15-7-4-8-24(15)16(11-25)17(26)27-2/h3-10H,1-2H3. The number of benzene rings is 1. The van der Waals surface area contributed by atoms with Crippen molar-refractivity contribution in [1.82, 2.24) is 4.57 Å². The van der Waals surface area contributed by atoms with Crippen LogP contribution in [0.15, 0.2) is 52.8 Å². The first-order valence-corrected chi connectivity index (χ1v) is 7.54. The Bertz CT molecular complexity index is 952. The molecule has 0 saturated heterocycles. The van der Waals surface area contributed by atoms with E-state index in [9.17, 15) is 22.8 Å². The highest BCUT2D eigenvalue weighted by Crippen LogP contribution is 2.29. The van der Waals surface area contributed by atoms with Gasteiger partial charge in [0, 0.05) is 6.20 Å². The van der Waals surface area contributed by atoms with Gasteiger partial charge in [-0.2, -0.15) is 23.4 Å². The van der Waals surface area contributed by atoms with Gasteiger partial charge in [-0.3, -0.25) is 0 Å². The maximum Gasteiger partial charge on any atom is 0.416 e. The average molecular weight is 377 g/mol. The van der Waals surface area contributed by atoms with Crippen molar-refractivity contribution in [2.24, 2.45) is 10.2 Å². The van der Waals surface area contributed by atoms with Gasteiger partial charge in [-0.25, -0.2) is 9.59 Å². The molecule has 0 aliphatic carbocycles. The van der Waals surface area contributed by atoms with Crippen LogP contribution in [0.5, 0.6) is 0 Å². The lowest BCUT2D eigenvalue weighted by molar-refractivity contribution is -0.137. The fourth-order valence-corrected chi connectivity index (χ4v) is 2.14. The zero-order valence-corrected chi connectivity index (χ0v) is 14.3. The predicted octanol–water partition coefficient (Wildman–Crippen LogP) is 3.20. The molecular formula is C18H14F3N3O3. The number of carbonyl (C=O) groups is 1. The molecule has 27 heavy (non-hydrogen) atoms. The summed E-state index contributed by atoms with van der Waals surface area (Å²) in [6.45, 7) is 1.51. The number of esters is 1. The summed E-state index contributed by atoms with van der Waals surface area (Å²) in [6, 6.07) is 7.82. The molecule has 0 unspecified atom stereocenters. The number of methoxy groups -OCH3 is 1. The molecule has 0 N–H and O–H groups in total. The summed E-state index contributed by atoms with van der Waals surface area (Å²) in [6.07, 6.45) is -1.77. The molecule has 140 valence electrons. The molecule has 2 aromatic rings. The summed E-state index contributed by atoms with van der Waals surface area (Å²) in [5.74, 6) is 0.617. The second kappa shape index (κ2) is 8.29. The number of aromatic nitrogens is 1. The fourth-order valence-electron chi connectivity index (χ4n) is 2.14. The highest BCUT2D eigenvalue weighted by atomic mass is 19.4. The molecule has 0 amide bonds. The lowest BCUT2D eigenvalue weighted by Crippen LogP contribution is -2.12. The molecule has 0 aliphatic rings. The summed E-state index contributed by atoms with van der Waals surface area (Å²) in [4.78, 5) is 22.6. The van der Waals surface area contributed by atoms with Crippen molar-refractivity contribution in [3.8, 4) is 0 Å². The second-order valence-electron chi connectivity index (χ2n) is 5.25. The zero-order chi connectivity index (χ0) is 20.0. The topological polar surface area (TPSA) is 73.0 Å². The zero-order valence-electron chi connectivity index (χ0n) is 14.3. The Morgan fingerprint density at radius 3 is 2.63 bits per heavy atom. The number of nitrogens with zero attached hydrogens (tertiary/aromatic N) is 3. The van der Waals surface area contributed by atoms with E-state index in [0.29, 0.717) is 5.69 Å². The van der Waals surface area contributed by atoms with Gasteiger partial charge in [-0.1, -0.05) is 12.1 Å². The van der Waals surface area contributed by atoms with E-state index in [1.807, 2.05) is 0 Å². The average Bonchev–Trinajstić information content (AvgIpc) is 3.09. The van der Waals surface area contributed by atoms with E-state index in [-0.39, 0.29) is 17.0 Å². The van der Waals surface area contributed by atoms with Crippen LogP contribution < -0.4 is 0 Å². The molecule has 0 saturated carbocycles. The largest absolute Gasteiger partial charge is 0.464 e. The van der Waals surface area contributed by atoms with Gasteiger partial charge in [0.2, 0.25) is 5.70 Å². The first-order valence-electron chi connectivity index (χ1n) is 7.54. The number of halogens is 3. The van der Waals surface area contributed by atoms with E-state index in [1.54, 1.807) is 12.1 Å². The first kappa shape index (κ1) is 19.9. The van der Waals surface area contributed by atoms with Crippen LogP contribution in [0.3, 0.4) is 0 Å². The fraction of sp³-hybridized carbons (Fsp3) is 0.167. The Morgan fingerprint density at radius 2 is 2.00 bits per heavy atom. The van der Waals surface area contributed by atoms with Gasteiger partial charge in [-0.05, 0) is 36.8 Å². The van der Waals surface area contributed by atoms with Crippen molar-refractivity contribution in [2.45, 2.75) is 13.1 Å². The summed E-state index contributed by atoms with van der Waals surface area (Å²) in [5, 5.41) is 7.68. The Labute approximate surface area is 152 Å². The van der Waals surface area contributed by atoms with Crippen LogP contribution in [-0.2, 0) is 20.5 Å². The molecule has 0 spiro atoms. The number of ether oxygens (including phenoxy) is 1. The SMILES string of the molecule is COC(=O)C(=C=O)n1cccc1C=NN=C(C)c1cccc(C(F)(F)F)c1. The lowest BCUT2D eigenvalue weighted by atomic mass is 10.1. The highest BCUT2D eigenvalue weighted by Gasteiger charge is 2.30. The number of carbonyl (C=O) groups excluding carboxylic acids is 2. The van der Waals surface area contributed by atoms with Gasteiger partial charge in [0.1, 0.15) is 0 Å². The Kier molecular flexibility index (Phi) is 6.10. The maximum absolute atomic E-state index is 12.8. The van der Waals surface area contributed by atoms with Crippen molar-refractivity contribution in [3.63, 3.8) is 0 Å². The smallest absolute Gasteiger partial charge is 0.416 e. The molecule has 9 heteroatoms. The van der Waals surface area contributed by atoms with E-state index in [1.165, 1.54) is 42.0 Å². The highest BCUT2D eigenvalue weighted by molar-refractivity contribution is 6.19. The molecule has 0 fully saturated rings. The molecular weight excluding hydrogens is 363 g/mol. The molecule has 0 bridgehead atoms. The summed E-state index contributed by atoms with van der Waals surface area (Å²) >= 11 is 0. The third-order valence-electron chi connectivity index (χ3n) is 3.50. The summed E-state index contributed by atoms with van der Waals surface area (Å²) < 4.78 is 44.0. The quantitative estimate of drug-likeness (QED) is 0.264. The van der Waals surface area contributed by atoms with Crippen LogP contribution in [0.2, 0.25) is 0 Å². The molecule has 1 aromatic heterocycles. The molecule has 1 aromatic carbocycles. The predicted molar refractivity (Wildman–Crippen MR) is 93.1 cm³/mol. The number of hydrogen-bond donors (Lipinski definition) is 0. The number of rotatable bonds is 5. The summed E-state index contributed by atoms with van der Waals surface area (Å²) in [7, 11) is 1.12. The molecule has 6 nitrogen and oxygen atoms in total. The van der Waals surface area contributed by atoms with E-state index in [4.69, 9.17) is 0 Å². The van der Waals surface area contributed by atoms with Gasteiger partial charge in [0.05, 0.1) is 30.3 Å². The van der Waals surface area contributed by atoms with Crippen LogP contribution in [0, 0.1) is 0 Å².